The fraction of sp³-hybridized carbons (Fsp3) is 0.269. The highest BCUT2D eigenvalue weighted by atomic mass is 32.1. The van der Waals surface area contributed by atoms with Crippen molar-refractivity contribution in [1.29, 1.82) is 0 Å². The van der Waals surface area contributed by atoms with E-state index in [1.807, 2.05) is 0 Å². The number of amides is 2. The summed E-state index contributed by atoms with van der Waals surface area (Å²) in [5.41, 5.74) is 1.43. The van der Waals surface area contributed by atoms with Crippen LogP contribution in [0.25, 0.3) is 5.65 Å². The second kappa shape index (κ2) is 10.5. The molecule has 0 saturated carbocycles. The van der Waals surface area contributed by atoms with Crippen LogP contribution in [0, 0.1) is 0 Å². The molecule has 0 spiro atoms. The Morgan fingerprint density at radius 1 is 1.18 bits per heavy atom. The van der Waals surface area contributed by atoms with Gasteiger partial charge in [-0.1, -0.05) is 6.07 Å². The van der Waals surface area contributed by atoms with Crippen molar-refractivity contribution < 1.29 is 32.2 Å². The zero-order valence-corrected chi connectivity index (χ0v) is 21.1. The number of rotatable bonds is 7. The standard InChI is InChI=1S/C26H23F3N4O4S/c1-36-9-10-37-18-5-8-33-21(13-30-23(33)12-18)25(35)32-7-6-19-20(15-38-22(19)14-32)24(34)31-17-4-2-3-16(11-17)26(27,28)29/h2-5,8,11-13,15H,6-7,9-10,14H2,1H3,(H,31,34). The second-order valence-corrected chi connectivity index (χ2v) is 9.60. The Morgan fingerprint density at radius 3 is 2.82 bits per heavy atom. The number of aromatic nitrogens is 2. The number of thiophene rings is 1. The smallest absolute Gasteiger partial charge is 0.416 e. The lowest BCUT2D eigenvalue weighted by atomic mass is 10.0. The average Bonchev–Trinajstić information content (AvgIpc) is 3.52. The van der Waals surface area contributed by atoms with Crippen molar-refractivity contribution in [3.05, 3.63) is 81.4 Å². The summed E-state index contributed by atoms with van der Waals surface area (Å²) in [5, 5.41) is 4.24. The van der Waals surface area contributed by atoms with Crippen LogP contribution in [-0.2, 0) is 23.9 Å². The lowest BCUT2D eigenvalue weighted by molar-refractivity contribution is -0.137. The van der Waals surface area contributed by atoms with E-state index >= 15 is 0 Å². The monoisotopic (exact) mass is 544 g/mol. The van der Waals surface area contributed by atoms with Gasteiger partial charge in [0.15, 0.2) is 0 Å². The van der Waals surface area contributed by atoms with E-state index in [1.54, 1.807) is 40.1 Å². The van der Waals surface area contributed by atoms with Gasteiger partial charge in [0.05, 0.1) is 30.5 Å². The number of benzene rings is 1. The minimum Gasteiger partial charge on any atom is -0.491 e. The van der Waals surface area contributed by atoms with Crippen LogP contribution in [0.3, 0.4) is 0 Å². The van der Waals surface area contributed by atoms with Crippen molar-refractivity contribution in [2.75, 3.05) is 32.2 Å². The number of ether oxygens (including phenoxy) is 2. The summed E-state index contributed by atoms with van der Waals surface area (Å²) in [5.74, 6) is -0.0530. The van der Waals surface area contributed by atoms with Crippen molar-refractivity contribution in [3.8, 4) is 5.75 Å². The molecule has 1 aliphatic rings. The topological polar surface area (TPSA) is 85.2 Å². The summed E-state index contributed by atoms with van der Waals surface area (Å²) < 4.78 is 51.3. The van der Waals surface area contributed by atoms with E-state index in [9.17, 15) is 22.8 Å². The predicted molar refractivity (Wildman–Crippen MR) is 135 cm³/mol. The lowest BCUT2D eigenvalue weighted by Gasteiger charge is -2.27. The Bertz CT molecular complexity index is 1500. The van der Waals surface area contributed by atoms with Crippen LogP contribution >= 0.6 is 11.3 Å². The molecule has 12 heteroatoms. The summed E-state index contributed by atoms with van der Waals surface area (Å²) in [7, 11) is 1.59. The highest BCUT2D eigenvalue weighted by molar-refractivity contribution is 7.10. The number of hydrogen-bond donors (Lipinski definition) is 1. The Morgan fingerprint density at radius 2 is 2.03 bits per heavy atom. The highest BCUT2D eigenvalue weighted by Gasteiger charge is 2.31. The number of nitrogens with one attached hydrogen (secondary N) is 1. The molecule has 1 N–H and O–H groups in total. The molecule has 2 amide bonds. The quantitative estimate of drug-likeness (QED) is 0.335. The number of pyridine rings is 1. The fourth-order valence-electron chi connectivity index (χ4n) is 4.28. The van der Waals surface area contributed by atoms with Crippen LogP contribution in [0.2, 0.25) is 0 Å². The van der Waals surface area contributed by atoms with Crippen molar-refractivity contribution >= 4 is 34.5 Å². The summed E-state index contributed by atoms with van der Waals surface area (Å²) in [4.78, 5) is 33.1. The van der Waals surface area contributed by atoms with E-state index in [0.29, 0.717) is 55.4 Å². The third kappa shape index (κ3) is 5.22. The number of halogens is 3. The van der Waals surface area contributed by atoms with Crippen LogP contribution in [0.15, 0.2) is 54.2 Å². The summed E-state index contributed by atoms with van der Waals surface area (Å²) in [6.45, 7) is 1.56. The lowest BCUT2D eigenvalue weighted by Crippen LogP contribution is -2.36. The van der Waals surface area contributed by atoms with Gasteiger partial charge in [0.2, 0.25) is 0 Å². The molecule has 0 aliphatic carbocycles. The molecule has 0 fully saturated rings. The van der Waals surface area contributed by atoms with Gasteiger partial charge in [-0.15, -0.1) is 11.3 Å². The predicted octanol–water partition coefficient (Wildman–Crippen LogP) is 4.89. The molecule has 0 unspecified atom stereocenters. The van der Waals surface area contributed by atoms with Crippen molar-refractivity contribution in [2.45, 2.75) is 19.1 Å². The van der Waals surface area contributed by atoms with Gasteiger partial charge in [0, 0.05) is 41.9 Å². The maximum absolute atomic E-state index is 13.3. The normalized spacial score (nSPS) is 13.4. The zero-order chi connectivity index (χ0) is 26.9. The molecule has 198 valence electrons. The number of methoxy groups -OCH3 is 1. The van der Waals surface area contributed by atoms with E-state index in [4.69, 9.17) is 9.47 Å². The Labute approximate surface area is 219 Å². The molecule has 38 heavy (non-hydrogen) atoms. The zero-order valence-electron chi connectivity index (χ0n) is 20.2. The van der Waals surface area contributed by atoms with Gasteiger partial charge in [-0.05, 0) is 36.2 Å². The molecule has 0 bridgehead atoms. The minimum atomic E-state index is -4.50. The first-order valence-corrected chi connectivity index (χ1v) is 12.6. The molecule has 1 aromatic carbocycles. The molecule has 1 aliphatic heterocycles. The van der Waals surface area contributed by atoms with Crippen molar-refractivity contribution in [3.63, 3.8) is 0 Å². The Hall–Kier alpha value is -3.90. The maximum atomic E-state index is 13.3. The van der Waals surface area contributed by atoms with Crippen molar-refractivity contribution in [1.82, 2.24) is 14.3 Å². The number of carbonyl (C=O) groups is 2. The van der Waals surface area contributed by atoms with E-state index in [1.165, 1.54) is 29.7 Å². The van der Waals surface area contributed by atoms with Crippen LogP contribution in [0.4, 0.5) is 18.9 Å². The summed E-state index contributed by atoms with van der Waals surface area (Å²) in [6.07, 6.45) is -0.799. The number of hydrogen-bond acceptors (Lipinski definition) is 6. The molecular formula is C26H23F3N4O4S. The van der Waals surface area contributed by atoms with Gasteiger partial charge in [-0.25, -0.2) is 4.98 Å². The number of anilines is 1. The van der Waals surface area contributed by atoms with Gasteiger partial charge >= 0.3 is 6.18 Å². The molecule has 5 rings (SSSR count). The first-order chi connectivity index (χ1) is 18.2. The van der Waals surface area contributed by atoms with Crippen LogP contribution < -0.4 is 10.1 Å². The van der Waals surface area contributed by atoms with E-state index in [2.05, 4.69) is 10.3 Å². The summed E-state index contributed by atoms with van der Waals surface area (Å²) >= 11 is 1.35. The molecule has 3 aromatic heterocycles. The third-order valence-electron chi connectivity index (χ3n) is 6.19. The molecular weight excluding hydrogens is 521 g/mol. The maximum Gasteiger partial charge on any atom is 0.416 e. The van der Waals surface area contributed by atoms with E-state index in [-0.39, 0.29) is 11.6 Å². The number of alkyl halides is 3. The van der Waals surface area contributed by atoms with Crippen LogP contribution in [0.5, 0.6) is 5.75 Å². The average molecular weight is 545 g/mol. The number of fused-ring (bicyclic) bond motifs is 2. The number of carbonyl (C=O) groups excluding carboxylic acids is 2. The first kappa shape index (κ1) is 25.7. The van der Waals surface area contributed by atoms with Crippen LogP contribution in [0.1, 0.15) is 36.9 Å². The van der Waals surface area contributed by atoms with E-state index in [0.717, 1.165) is 22.6 Å². The van der Waals surface area contributed by atoms with Gasteiger partial charge < -0.3 is 19.7 Å². The fourth-order valence-corrected chi connectivity index (χ4v) is 5.37. The molecule has 4 aromatic rings. The van der Waals surface area contributed by atoms with E-state index < -0.39 is 17.6 Å². The minimum absolute atomic E-state index is 0.0669. The number of imidazole rings is 1. The van der Waals surface area contributed by atoms with Gasteiger partial charge in [-0.2, -0.15) is 13.2 Å². The van der Waals surface area contributed by atoms with Gasteiger partial charge in [0.1, 0.15) is 23.7 Å². The molecule has 0 radical (unpaired) electrons. The SMILES string of the molecule is COCCOc1ccn2c(C(=O)N3CCc4c(C(=O)Nc5cccc(C(F)(F)F)c5)csc4C3)cnc2c1. The largest absolute Gasteiger partial charge is 0.491 e. The third-order valence-corrected chi connectivity index (χ3v) is 7.20. The Balaban J connectivity index is 1.28. The highest BCUT2D eigenvalue weighted by Crippen LogP contribution is 2.32. The molecule has 0 atom stereocenters. The Kier molecular flexibility index (Phi) is 7.09. The molecule has 8 nitrogen and oxygen atoms in total. The van der Waals surface area contributed by atoms with Crippen molar-refractivity contribution in [2.24, 2.45) is 0 Å². The molecule has 0 saturated heterocycles. The molecule has 4 heterocycles. The number of nitrogens with zero attached hydrogens (tertiary/aromatic N) is 3. The van der Waals surface area contributed by atoms with Crippen LogP contribution in [-0.4, -0.2) is 53.0 Å². The van der Waals surface area contributed by atoms with Gasteiger partial charge in [-0.3, -0.25) is 14.0 Å². The summed E-state index contributed by atoms with van der Waals surface area (Å²) in [6, 6.07) is 8.02. The first-order valence-electron chi connectivity index (χ1n) is 11.7. The second-order valence-electron chi connectivity index (χ2n) is 8.64. The van der Waals surface area contributed by atoms with Gasteiger partial charge in [0.25, 0.3) is 11.8 Å².